The number of hydrogen-bond donors (Lipinski definition) is 1. The number of ether oxygens (including phenoxy) is 1. The number of benzene rings is 1. The highest BCUT2D eigenvalue weighted by Gasteiger charge is 2.22. The number of rotatable bonds is 2. The maximum atomic E-state index is 6.27. The van der Waals surface area contributed by atoms with Gasteiger partial charge in [-0.15, -0.1) is 0 Å². The summed E-state index contributed by atoms with van der Waals surface area (Å²) in [5.41, 5.74) is 2.40. The van der Waals surface area contributed by atoms with Gasteiger partial charge in [0.2, 0.25) is 0 Å². The van der Waals surface area contributed by atoms with Crippen LogP contribution in [-0.4, -0.2) is 12.6 Å². The van der Waals surface area contributed by atoms with Crippen molar-refractivity contribution in [3.05, 3.63) is 28.3 Å². The second-order valence-electron chi connectivity index (χ2n) is 5.03. The Kier molecular flexibility index (Phi) is 3.95. The molecule has 17 heavy (non-hydrogen) atoms. The van der Waals surface area contributed by atoms with Gasteiger partial charge in [-0.1, -0.05) is 31.5 Å². The van der Waals surface area contributed by atoms with Crippen LogP contribution in [0.25, 0.3) is 0 Å². The van der Waals surface area contributed by atoms with Crippen LogP contribution in [0.4, 0.5) is 0 Å². The summed E-state index contributed by atoms with van der Waals surface area (Å²) in [6, 6.07) is 4.97. The fourth-order valence-electron chi connectivity index (χ4n) is 2.36. The summed E-state index contributed by atoms with van der Waals surface area (Å²) in [6.07, 6.45) is 2.17. The highest BCUT2D eigenvalue weighted by Crippen LogP contribution is 2.38. The predicted octanol–water partition coefficient (Wildman–Crippen LogP) is 3.86. The van der Waals surface area contributed by atoms with Gasteiger partial charge in [0.25, 0.3) is 0 Å². The Bertz CT molecular complexity index is 403. The van der Waals surface area contributed by atoms with Crippen molar-refractivity contribution in [2.24, 2.45) is 0 Å². The van der Waals surface area contributed by atoms with Gasteiger partial charge in [0.15, 0.2) is 0 Å². The first-order valence-corrected chi connectivity index (χ1v) is 6.64. The summed E-state index contributed by atoms with van der Waals surface area (Å²) >= 11 is 6.27. The fraction of sp³-hybridized carbons (Fsp3) is 0.571. The zero-order chi connectivity index (χ0) is 12.4. The minimum atomic E-state index is 0.352. The van der Waals surface area contributed by atoms with Crippen molar-refractivity contribution >= 4 is 11.6 Å². The third-order valence-electron chi connectivity index (χ3n) is 3.01. The molecule has 1 unspecified atom stereocenters. The van der Waals surface area contributed by atoms with Gasteiger partial charge >= 0.3 is 0 Å². The molecule has 0 amide bonds. The Morgan fingerprint density at radius 2 is 2.18 bits per heavy atom. The molecule has 2 rings (SSSR count). The van der Waals surface area contributed by atoms with E-state index in [4.69, 9.17) is 16.3 Å². The van der Waals surface area contributed by atoms with E-state index in [1.165, 1.54) is 11.1 Å². The van der Waals surface area contributed by atoms with Crippen LogP contribution in [-0.2, 0) is 0 Å². The van der Waals surface area contributed by atoms with Crippen molar-refractivity contribution in [3.63, 3.8) is 0 Å². The standard InChI is InChI=1S/C14H20ClNO/c1-9(2)16-13-5-4-6-17-14-11(13)7-10(3)8-12(14)15/h7-9,13,16H,4-6H2,1-3H3. The Morgan fingerprint density at radius 3 is 2.88 bits per heavy atom. The zero-order valence-corrected chi connectivity index (χ0v) is 11.5. The second-order valence-corrected chi connectivity index (χ2v) is 5.44. The van der Waals surface area contributed by atoms with Crippen molar-refractivity contribution < 1.29 is 4.74 Å². The Balaban J connectivity index is 2.40. The lowest BCUT2D eigenvalue weighted by Gasteiger charge is -2.22. The molecule has 1 aromatic rings. The molecular weight excluding hydrogens is 234 g/mol. The van der Waals surface area contributed by atoms with Gasteiger partial charge in [0.05, 0.1) is 11.6 Å². The predicted molar refractivity (Wildman–Crippen MR) is 71.9 cm³/mol. The average molecular weight is 254 g/mol. The molecule has 0 radical (unpaired) electrons. The van der Waals surface area contributed by atoms with Crippen LogP contribution < -0.4 is 10.1 Å². The van der Waals surface area contributed by atoms with Crippen LogP contribution >= 0.6 is 11.6 Å². The molecule has 1 atom stereocenters. The summed E-state index contributed by atoms with van der Waals surface area (Å²) < 4.78 is 5.77. The summed E-state index contributed by atoms with van der Waals surface area (Å²) in [5, 5.41) is 4.33. The molecule has 0 aromatic heterocycles. The van der Waals surface area contributed by atoms with E-state index < -0.39 is 0 Å². The Hall–Kier alpha value is -0.730. The molecule has 2 nitrogen and oxygen atoms in total. The van der Waals surface area contributed by atoms with Crippen LogP contribution in [0.2, 0.25) is 5.02 Å². The van der Waals surface area contributed by atoms with Gasteiger partial charge < -0.3 is 10.1 Å². The fourth-order valence-corrected chi connectivity index (χ4v) is 2.70. The van der Waals surface area contributed by atoms with Gasteiger partial charge in [-0.05, 0) is 31.4 Å². The number of fused-ring (bicyclic) bond motifs is 1. The molecule has 94 valence electrons. The molecule has 0 fully saturated rings. The largest absolute Gasteiger partial charge is 0.492 e. The lowest BCUT2D eigenvalue weighted by molar-refractivity contribution is 0.314. The van der Waals surface area contributed by atoms with Gasteiger partial charge in [0.1, 0.15) is 5.75 Å². The zero-order valence-electron chi connectivity index (χ0n) is 10.7. The number of hydrogen-bond acceptors (Lipinski definition) is 2. The van der Waals surface area contributed by atoms with E-state index in [1.54, 1.807) is 0 Å². The lowest BCUT2D eigenvalue weighted by Crippen LogP contribution is -2.28. The molecule has 1 N–H and O–H groups in total. The minimum absolute atomic E-state index is 0.352. The molecule has 3 heteroatoms. The third-order valence-corrected chi connectivity index (χ3v) is 3.29. The molecule has 0 bridgehead atoms. The maximum absolute atomic E-state index is 6.27. The number of nitrogens with one attached hydrogen (secondary N) is 1. The molecule has 0 spiro atoms. The number of aryl methyl sites for hydroxylation is 1. The number of halogens is 1. The Labute approximate surface area is 108 Å². The van der Waals surface area contributed by atoms with Crippen LogP contribution in [0.1, 0.15) is 43.9 Å². The summed E-state index contributed by atoms with van der Waals surface area (Å²) in [7, 11) is 0. The van der Waals surface area contributed by atoms with E-state index in [1.807, 2.05) is 6.07 Å². The maximum Gasteiger partial charge on any atom is 0.142 e. The van der Waals surface area contributed by atoms with E-state index in [2.05, 4.69) is 32.2 Å². The summed E-state index contributed by atoms with van der Waals surface area (Å²) in [4.78, 5) is 0. The van der Waals surface area contributed by atoms with E-state index in [0.29, 0.717) is 12.1 Å². The van der Waals surface area contributed by atoms with Gasteiger partial charge in [-0.3, -0.25) is 0 Å². The van der Waals surface area contributed by atoms with Crippen LogP contribution in [0, 0.1) is 6.92 Å². The van der Waals surface area contributed by atoms with E-state index in [9.17, 15) is 0 Å². The van der Waals surface area contributed by atoms with E-state index >= 15 is 0 Å². The normalized spacial score (nSPS) is 19.7. The molecule has 1 heterocycles. The minimum Gasteiger partial charge on any atom is -0.492 e. The molecule has 0 aliphatic carbocycles. The molecule has 1 aromatic carbocycles. The molecular formula is C14H20ClNO. The SMILES string of the molecule is Cc1cc(Cl)c2c(c1)C(NC(C)C)CCCO2. The highest BCUT2D eigenvalue weighted by molar-refractivity contribution is 6.32. The van der Waals surface area contributed by atoms with E-state index in [0.717, 1.165) is 30.2 Å². The van der Waals surface area contributed by atoms with Crippen molar-refractivity contribution in [3.8, 4) is 5.75 Å². The van der Waals surface area contributed by atoms with Gasteiger partial charge in [0, 0.05) is 17.6 Å². The van der Waals surface area contributed by atoms with Gasteiger partial charge in [-0.25, -0.2) is 0 Å². The summed E-state index contributed by atoms with van der Waals surface area (Å²) in [5.74, 6) is 0.868. The Morgan fingerprint density at radius 1 is 1.41 bits per heavy atom. The van der Waals surface area contributed by atoms with Crippen LogP contribution in [0.5, 0.6) is 5.75 Å². The third kappa shape index (κ3) is 2.93. The highest BCUT2D eigenvalue weighted by atomic mass is 35.5. The van der Waals surface area contributed by atoms with Gasteiger partial charge in [-0.2, -0.15) is 0 Å². The first-order chi connectivity index (χ1) is 8.08. The van der Waals surface area contributed by atoms with Crippen molar-refractivity contribution in [2.75, 3.05) is 6.61 Å². The van der Waals surface area contributed by atoms with Crippen LogP contribution in [0.15, 0.2) is 12.1 Å². The average Bonchev–Trinajstić information content (AvgIpc) is 2.41. The molecule has 0 saturated carbocycles. The molecule has 1 aliphatic rings. The second kappa shape index (κ2) is 5.28. The summed E-state index contributed by atoms with van der Waals surface area (Å²) in [6.45, 7) is 7.17. The van der Waals surface area contributed by atoms with Crippen molar-refractivity contribution in [1.29, 1.82) is 0 Å². The van der Waals surface area contributed by atoms with Crippen molar-refractivity contribution in [2.45, 2.75) is 45.7 Å². The van der Waals surface area contributed by atoms with Crippen LogP contribution in [0.3, 0.4) is 0 Å². The smallest absolute Gasteiger partial charge is 0.142 e. The molecule has 1 aliphatic heterocycles. The lowest BCUT2D eigenvalue weighted by atomic mass is 9.99. The molecule has 0 saturated heterocycles. The quantitative estimate of drug-likeness (QED) is 0.864. The van der Waals surface area contributed by atoms with Crippen molar-refractivity contribution in [1.82, 2.24) is 5.32 Å². The topological polar surface area (TPSA) is 21.3 Å². The van der Waals surface area contributed by atoms with E-state index in [-0.39, 0.29) is 0 Å². The first-order valence-electron chi connectivity index (χ1n) is 6.27. The first kappa shape index (κ1) is 12.7. The monoisotopic (exact) mass is 253 g/mol.